The largest absolute Gasteiger partial charge is 0.298 e. The van der Waals surface area contributed by atoms with Crippen LogP contribution in [-0.2, 0) is 0 Å². The first-order valence-electron chi connectivity index (χ1n) is 5.28. The summed E-state index contributed by atoms with van der Waals surface area (Å²) in [4.78, 5) is 2.63. The van der Waals surface area contributed by atoms with E-state index in [-0.39, 0.29) is 0 Å². The maximum atomic E-state index is 2.63. The summed E-state index contributed by atoms with van der Waals surface area (Å²) in [5.74, 6) is 1.79. The van der Waals surface area contributed by atoms with E-state index in [0.717, 1.165) is 23.9 Å². The molecule has 0 bridgehead atoms. The molecule has 0 amide bonds. The number of hydrogen-bond acceptors (Lipinski definition) is 1. The van der Waals surface area contributed by atoms with Crippen molar-refractivity contribution in [2.45, 2.75) is 53.1 Å². The summed E-state index contributed by atoms with van der Waals surface area (Å²) in [6.07, 6.45) is 1.40. The van der Waals surface area contributed by atoms with Crippen molar-refractivity contribution in [3.8, 4) is 0 Å². The number of rotatable bonds is 2. The molecule has 2 atom stereocenters. The molecule has 0 aromatic heterocycles. The molecule has 72 valence electrons. The normalized spacial score (nSPS) is 32.2. The van der Waals surface area contributed by atoms with E-state index in [1.165, 1.54) is 13.0 Å². The van der Waals surface area contributed by atoms with Crippen molar-refractivity contribution >= 4 is 0 Å². The zero-order chi connectivity index (χ0) is 9.30. The maximum Gasteiger partial charge on any atom is 0.00729 e. The number of nitrogens with zero attached hydrogens (tertiary/aromatic N) is 1. The second-order valence-corrected chi connectivity index (χ2v) is 4.88. The first kappa shape index (κ1) is 10.0. The molecule has 0 saturated carbocycles. The van der Waals surface area contributed by atoms with Gasteiger partial charge in [0.05, 0.1) is 0 Å². The Morgan fingerprint density at radius 1 is 1.17 bits per heavy atom. The summed E-state index contributed by atoms with van der Waals surface area (Å²) < 4.78 is 0. The van der Waals surface area contributed by atoms with E-state index in [9.17, 15) is 0 Å². The predicted octanol–water partition coefficient (Wildman–Crippen LogP) is 2.76. The summed E-state index contributed by atoms with van der Waals surface area (Å²) in [5.41, 5.74) is 0. The van der Waals surface area contributed by atoms with Crippen LogP contribution in [0.3, 0.4) is 0 Å². The van der Waals surface area contributed by atoms with E-state index in [1.54, 1.807) is 0 Å². The highest BCUT2D eigenvalue weighted by atomic mass is 15.2. The molecular weight excluding hydrogens is 146 g/mol. The third-order valence-electron chi connectivity index (χ3n) is 3.26. The molecule has 1 heterocycles. The lowest BCUT2D eigenvalue weighted by Gasteiger charge is -2.25. The van der Waals surface area contributed by atoms with Crippen LogP contribution in [0.1, 0.15) is 41.0 Å². The van der Waals surface area contributed by atoms with Crippen molar-refractivity contribution in [2.24, 2.45) is 11.8 Å². The lowest BCUT2D eigenvalue weighted by molar-refractivity contribution is 0.208. The Morgan fingerprint density at radius 3 is 2.00 bits per heavy atom. The number of hydrogen-bond donors (Lipinski definition) is 0. The van der Waals surface area contributed by atoms with Gasteiger partial charge in [0.1, 0.15) is 0 Å². The van der Waals surface area contributed by atoms with Gasteiger partial charge in [0, 0.05) is 18.6 Å². The van der Waals surface area contributed by atoms with E-state index < -0.39 is 0 Å². The van der Waals surface area contributed by atoms with Crippen molar-refractivity contribution in [2.75, 3.05) is 6.54 Å². The molecule has 1 fully saturated rings. The van der Waals surface area contributed by atoms with E-state index in [1.807, 2.05) is 0 Å². The Balaban J connectivity index is 2.50. The fourth-order valence-electron chi connectivity index (χ4n) is 2.30. The second kappa shape index (κ2) is 3.78. The quantitative estimate of drug-likeness (QED) is 0.614. The fourth-order valence-corrected chi connectivity index (χ4v) is 2.30. The van der Waals surface area contributed by atoms with Crippen LogP contribution in [0.4, 0.5) is 0 Å². The summed E-state index contributed by atoms with van der Waals surface area (Å²) in [5, 5.41) is 0. The van der Waals surface area contributed by atoms with Crippen LogP contribution in [-0.4, -0.2) is 23.5 Å². The Bertz CT molecular complexity index is 140. The zero-order valence-corrected chi connectivity index (χ0v) is 9.17. The van der Waals surface area contributed by atoms with Gasteiger partial charge in [-0.3, -0.25) is 4.90 Å². The molecule has 0 aliphatic carbocycles. The van der Waals surface area contributed by atoms with Gasteiger partial charge in [-0.1, -0.05) is 13.8 Å². The summed E-state index contributed by atoms with van der Waals surface area (Å²) >= 11 is 0. The first-order valence-corrected chi connectivity index (χ1v) is 5.28. The first-order chi connectivity index (χ1) is 5.52. The Morgan fingerprint density at radius 2 is 1.75 bits per heavy atom. The Hall–Kier alpha value is -0.0400. The summed E-state index contributed by atoms with van der Waals surface area (Å²) in [7, 11) is 0. The zero-order valence-electron chi connectivity index (χ0n) is 9.17. The average molecular weight is 169 g/mol. The fraction of sp³-hybridized carbons (Fsp3) is 1.00. The molecule has 1 heteroatoms. The minimum absolute atomic E-state index is 0.726. The van der Waals surface area contributed by atoms with Crippen LogP contribution in [0, 0.1) is 11.8 Å². The third kappa shape index (κ3) is 2.01. The van der Waals surface area contributed by atoms with E-state index in [0.29, 0.717) is 0 Å². The van der Waals surface area contributed by atoms with Gasteiger partial charge in [-0.15, -0.1) is 0 Å². The van der Waals surface area contributed by atoms with Gasteiger partial charge in [-0.25, -0.2) is 0 Å². The Labute approximate surface area is 77.1 Å². The van der Waals surface area contributed by atoms with Crippen molar-refractivity contribution in [1.29, 1.82) is 0 Å². The topological polar surface area (TPSA) is 3.24 Å². The molecule has 0 unspecified atom stereocenters. The molecule has 1 nitrogen and oxygen atoms in total. The van der Waals surface area contributed by atoms with Gasteiger partial charge in [0.15, 0.2) is 0 Å². The molecular formula is C11H23N. The second-order valence-electron chi connectivity index (χ2n) is 4.88. The highest BCUT2D eigenvalue weighted by Gasteiger charge is 2.31. The van der Waals surface area contributed by atoms with Gasteiger partial charge in [-0.05, 0) is 39.0 Å². The lowest BCUT2D eigenvalue weighted by atomic mass is 9.94. The predicted molar refractivity (Wildman–Crippen MR) is 54.2 cm³/mol. The van der Waals surface area contributed by atoms with Gasteiger partial charge in [0.25, 0.3) is 0 Å². The highest BCUT2D eigenvalue weighted by Crippen LogP contribution is 2.29. The van der Waals surface area contributed by atoms with Crippen LogP contribution in [0.25, 0.3) is 0 Å². The van der Waals surface area contributed by atoms with Gasteiger partial charge < -0.3 is 0 Å². The van der Waals surface area contributed by atoms with Crippen molar-refractivity contribution in [1.82, 2.24) is 4.90 Å². The molecule has 1 saturated heterocycles. The Kier molecular flexibility index (Phi) is 3.16. The van der Waals surface area contributed by atoms with Crippen molar-refractivity contribution in [3.63, 3.8) is 0 Å². The van der Waals surface area contributed by atoms with E-state index >= 15 is 0 Å². The standard InChI is InChI=1S/C11H23N/c1-8(2)11-6-10(5)12(7-11)9(3)4/h8-11H,6-7H2,1-5H3/t10-,11-/m1/s1. The van der Waals surface area contributed by atoms with Crippen LogP contribution >= 0.6 is 0 Å². The van der Waals surface area contributed by atoms with Crippen LogP contribution in [0.5, 0.6) is 0 Å². The molecule has 1 aliphatic heterocycles. The molecule has 0 aromatic rings. The van der Waals surface area contributed by atoms with E-state index in [2.05, 4.69) is 39.5 Å². The average Bonchev–Trinajstić information content (AvgIpc) is 2.30. The molecule has 0 N–H and O–H groups in total. The smallest absolute Gasteiger partial charge is 0.00729 e. The molecule has 1 aliphatic rings. The number of likely N-dealkylation sites (tertiary alicyclic amines) is 1. The van der Waals surface area contributed by atoms with Gasteiger partial charge in [0.2, 0.25) is 0 Å². The molecule has 0 aromatic carbocycles. The molecule has 0 spiro atoms. The van der Waals surface area contributed by atoms with Crippen LogP contribution in [0.15, 0.2) is 0 Å². The summed E-state index contributed by atoms with van der Waals surface area (Å²) in [6, 6.07) is 1.53. The minimum atomic E-state index is 0.726. The van der Waals surface area contributed by atoms with Crippen molar-refractivity contribution in [3.05, 3.63) is 0 Å². The van der Waals surface area contributed by atoms with Crippen LogP contribution in [0.2, 0.25) is 0 Å². The SMILES string of the molecule is CC(C)[C@@H]1C[C@@H](C)N(C(C)C)C1. The monoisotopic (exact) mass is 169 g/mol. The lowest BCUT2D eigenvalue weighted by Crippen LogP contribution is -2.34. The maximum absolute atomic E-state index is 2.63. The van der Waals surface area contributed by atoms with Gasteiger partial charge in [-0.2, -0.15) is 0 Å². The van der Waals surface area contributed by atoms with E-state index in [4.69, 9.17) is 0 Å². The molecule has 12 heavy (non-hydrogen) atoms. The third-order valence-corrected chi connectivity index (χ3v) is 3.26. The molecule has 1 rings (SSSR count). The summed E-state index contributed by atoms with van der Waals surface area (Å²) in [6.45, 7) is 13.0. The van der Waals surface area contributed by atoms with Gasteiger partial charge >= 0.3 is 0 Å². The molecule has 0 radical (unpaired) electrons. The minimum Gasteiger partial charge on any atom is -0.298 e. The van der Waals surface area contributed by atoms with Crippen molar-refractivity contribution < 1.29 is 0 Å². The van der Waals surface area contributed by atoms with Crippen LogP contribution < -0.4 is 0 Å². The highest BCUT2D eigenvalue weighted by molar-refractivity contribution is 4.85.